The Labute approximate surface area is 553 Å². The molecule has 11 aliphatic rings. The summed E-state index contributed by atoms with van der Waals surface area (Å²) >= 11 is 0. The first kappa shape index (κ1) is 76.5. The zero-order valence-corrected chi connectivity index (χ0v) is 63.9. The molecule has 0 aliphatic heterocycles. The molecule has 0 aromatic carbocycles. The minimum atomic E-state index is -0.180. The van der Waals surface area contributed by atoms with Crippen molar-refractivity contribution in [1.82, 2.24) is 0 Å². The Balaban J connectivity index is 0.000000170. The van der Waals surface area contributed by atoms with Gasteiger partial charge in [0.2, 0.25) is 0 Å². The van der Waals surface area contributed by atoms with Crippen molar-refractivity contribution in [3.05, 3.63) is 0 Å². The lowest BCUT2D eigenvalue weighted by molar-refractivity contribution is -0.142. The van der Waals surface area contributed by atoms with Gasteiger partial charge in [0.1, 0.15) is 17.3 Å². The van der Waals surface area contributed by atoms with Gasteiger partial charge in [-0.3, -0.25) is 19.2 Å². The average molecular weight is 1240 g/mol. The van der Waals surface area contributed by atoms with Crippen molar-refractivity contribution in [2.45, 2.75) is 359 Å². The van der Waals surface area contributed by atoms with Gasteiger partial charge in [0.25, 0.3) is 0 Å². The Kier molecular flexibility index (Phi) is 25.3. The molecule has 11 rings (SSSR count). The zero-order chi connectivity index (χ0) is 66.9. The molecule has 0 heterocycles. The Morgan fingerprint density at radius 1 is 0.438 bits per heavy atom. The predicted molar refractivity (Wildman–Crippen MR) is 378 cm³/mol. The molecule has 5 heteroatoms. The van der Waals surface area contributed by atoms with Gasteiger partial charge in [0, 0.05) is 43.4 Å². The lowest BCUT2D eigenvalue weighted by Gasteiger charge is -2.54. The van der Waals surface area contributed by atoms with Crippen LogP contribution in [-0.2, 0) is 23.9 Å². The number of unbranched alkanes of at least 4 members (excludes halogenated alkanes) is 2. The molecule has 0 saturated heterocycles. The third-order valence-corrected chi connectivity index (χ3v) is 30.6. The van der Waals surface area contributed by atoms with Gasteiger partial charge < -0.3 is 4.74 Å². The highest BCUT2D eigenvalue weighted by molar-refractivity contribution is 5.85. The maximum Gasteiger partial charge on any atom is 0.305 e. The molecule has 0 bridgehead atoms. The minimum Gasteiger partial charge on any atom is -0.469 e. The molecule has 11 fully saturated rings. The van der Waals surface area contributed by atoms with Crippen LogP contribution in [-0.4, -0.2) is 30.4 Å². The van der Waals surface area contributed by atoms with Crippen LogP contribution in [0.3, 0.4) is 0 Å². The average Bonchev–Trinajstić information content (AvgIpc) is 1.67. The van der Waals surface area contributed by atoms with Crippen LogP contribution in [0.5, 0.6) is 0 Å². The van der Waals surface area contributed by atoms with Crippen LogP contribution in [0.1, 0.15) is 359 Å². The molecule has 0 spiro atoms. The van der Waals surface area contributed by atoms with Crippen LogP contribution >= 0.6 is 0 Å². The Bertz CT molecular complexity index is 2230. The standard InChI is InChI=1S/C15H28.2C14H24O.2C14H26.C13H22O3/c1-14(2,3)12-7-6-11-8-9-15(4,5)13(11)10-12;1-9-13(2,3)10-7-6-8-11(15)12(10)14(9,4)5;1-13(2)8-9-14(3,4)12-10(13)6-5-7-11(12)15;1-10-13(2,3)11-8-6-7-9-12(11)14(10,4)5;1-13(2)9-10-14(3,4)12-8-6-5-7-11(12)13;1-3-4-5-6-11-10(7-8-12(11)14)9-13(15)16-2/h11-13H,6-10H2,1-5H3;9-10,12H,6-8H2,1-5H3;10,12H,5-9H2,1-4H3;10-12H,6-9H2,1-5H3;11-12H,5-10H2,1-4H3;10-11H,3-9H2,1-2H3. The van der Waals surface area contributed by atoms with Gasteiger partial charge in [-0.2, -0.15) is 0 Å². The fourth-order valence-electron chi connectivity index (χ4n) is 23.3. The van der Waals surface area contributed by atoms with Gasteiger partial charge in [-0.05, 0) is 247 Å². The molecule has 14 atom stereocenters. The molecule has 0 aromatic heterocycles. The van der Waals surface area contributed by atoms with E-state index in [4.69, 9.17) is 0 Å². The molecule has 5 nitrogen and oxygen atoms in total. The summed E-state index contributed by atoms with van der Waals surface area (Å²) in [6, 6.07) is 0. The SMILES string of the molecule is CC(C)(C)C1CCC2CCC(C)(C)C2C1.CC1(C)CCC(C)(C)C2C(=O)CCCC21.CC1(C)CCC(C)(C)C2CCCCC21.CC1C(C)(C)C2CCCC(=O)C2C1(C)C.CC1C(C)(C)C2CCCCC2C1(C)C.CCCCCC1C(=O)CCC1CC(=O)OC. The summed E-state index contributed by atoms with van der Waals surface area (Å²) in [6.45, 7) is 58.0. The van der Waals surface area contributed by atoms with E-state index in [2.05, 4.69) is 171 Å². The van der Waals surface area contributed by atoms with Crippen molar-refractivity contribution in [2.24, 2.45) is 143 Å². The molecular formula is C84H150O5. The van der Waals surface area contributed by atoms with Crippen molar-refractivity contribution in [3.8, 4) is 0 Å². The van der Waals surface area contributed by atoms with Crippen LogP contribution in [0.2, 0.25) is 0 Å². The number of rotatable bonds is 6. The number of esters is 1. The molecule has 0 radical (unpaired) electrons. The number of ketones is 3. The van der Waals surface area contributed by atoms with Crippen molar-refractivity contribution in [3.63, 3.8) is 0 Å². The first-order valence-electron chi connectivity index (χ1n) is 38.6. The fraction of sp³-hybridized carbons (Fsp3) is 0.952. The van der Waals surface area contributed by atoms with Gasteiger partial charge in [-0.15, -0.1) is 0 Å². The quantitative estimate of drug-likeness (QED) is 0.196. The van der Waals surface area contributed by atoms with E-state index in [1.165, 1.54) is 142 Å². The van der Waals surface area contributed by atoms with E-state index in [9.17, 15) is 19.2 Å². The molecule has 0 amide bonds. The lowest BCUT2D eigenvalue weighted by atomic mass is 9.50. The van der Waals surface area contributed by atoms with Gasteiger partial charge in [-0.1, -0.05) is 211 Å². The lowest BCUT2D eigenvalue weighted by Crippen LogP contribution is -2.49. The summed E-state index contributed by atoms with van der Waals surface area (Å²) < 4.78 is 4.67. The van der Waals surface area contributed by atoms with Crippen LogP contribution in [0.4, 0.5) is 0 Å². The number of hydrogen-bond donors (Lipinski definition) is 0. The van der Waals surface area contributed by atoms with E-state index in [1.807, 2.05) is 0 Å². The highest BCUT2D eigenvalue weighted by Crippen LogP contribution is 2.66. The van der Waals surface area contributed by atoms with Crippen LogP contribution < -0.4 is 0 Å². The van der Waals surface area contributed by atoms with E-state index in [0.29, 0.717) is 103 Å². The second-order valence-electron chi connectivity index (χ2n) is 40.0. The third kappa shape index (κ3) is 17.2. The second-order valence-corrected chi connectivity index (χ2v) is 40.0. The molecule has 14 unspecified atom stereocenters. The molecule has 0 aromatic rings. The smallest absolute Gasteiger partial charge is 0.305 e. The molecule has 516 valence electrons. The number of ether oxygens (including phenoxy) is 1. The number of methoxy groups -OCH3 is 1. The molecule has 0 N–H and O–H groups in total. The predicted octanol–water partition coefficient (Wildman–Crippen LogP) is 24.2. The summed E-state index contributed by atoms with van der Waals surface area (Å²) in [7, 11) is 1.41. The topological polar surface area (TPSA) is 77.5 Å². The van der Waals surface area contributed by atoms with Crippen LogP contribution in [0.25, 0.3) is 0 Å². The summed E-state index contributed by atoms with van der Waals surface area (Å²) in [6.07, 6.45) is 37.6. The van der Waals surface area contributed by atoms with E-state index in [-0.39, 0.29) is 28.6 Å². The van der Waals surface area contributed by atoms with Crippen molar-refractivity contribution in [2.75, 3.05) is 7.11 Å². The van der Waals surface area contributed by atoms with Crippen molar-refractivity contribution in [1.29, 1.82) is 0 Å². The van der Waals surface area contributed by atoms with Crippen LogP contribution in [0.15, 0.2) is 0 Å². The minimum absolute atomic E-state index is 0.116. The molecular weight excluding hydrogens is 1090 g/mol. The number of hydrogen-bond acceptors (Lipinski definition) is 5. The molecule has 11 aliphatic carbocycles. The summed E-state index contributed by atoms with van der Waals surface area (Å²) in [4.78, 5) is 47.2. The first-order valence-corrected chi connectivity index (χ1v) is 38.6. The van der Waals surface area contributed by atoms with Gasteiger partial charge in [0.05, 0.1) is 7.11 Å². The van der Waals surface area contributed by atoms with Gasteiger partial charge in [-0.25, -0.2) is 0 Å². The number of fused-ring (bicyclic) bond motifs is 5. The second kappa shape index (κ2) is 29.5. The maximum atomic E-state index is 12.1. The van der Waals surface area contributed by atoms with Gasteiger partial charge in [0.15, 0.2) is 0 Å². The van der Waals surface area contributed by atoms with E-state index in [0.717, 1.165) is 92.3 Å². The van der Waals surface area contributed by atoms with Crippen molar-refractivity contribution >= 4 is 23.3 Å². The largest absolute Gasteiger partial charge is 0.469 e. The maximum absolute atomic E-state index is 12.1. The number of carbonyl (C=O) groups excluding carboxylic acids is 4. The summed E-state index contributed by atoms with van der Waals surface area (Å²) in [5.41, 5.74) is 4.74. The Hall–Kier alpha value is -1.52. The van der Waals surface area contributed by atoms with Crippen molar-refractivity contribution < 1.29 is 23.9 Å². The van der Waals surface area contributed by atoms with E-state index in [1.54, 1.807) is 0 Å². The monoisotopic (exact) mass is 1240 g/mol. The number of carbonyl (C=O) groups is 4. The third-order valence-electron chi connectivity index (χ3n) is 30.6. The Morgan fingerprint density at radius 2 is 0.865 bits per heavy atom. The molecule has 89 heavy (non-hydrogen) atoms. The highest BCUT2D eigenvalue weighted by Gasteiger charge is 2.61. The van der Waals surface area contributed by atoms with Gasteiger partial charge >= 0.3 is 5.97 Å². The highest BCUT2D eigenvalue weighted by atomic mass is 16.5. The first-order chi connectivity index (χ1) is 40.9. The molecule has 11 saturated carbocycles. The normalized spacial score (nSPS) is 38.3. The summed E-state index contributed by atoms with van der Waals surface area (Å²) in [5, 5.41) is 0. The van der Waals surface area contributed by atoms with E-state index < -0.39 is 0 Å². The zero-order valence-electron chi connectivity index (χ0n) is 63.9. The van der Waals surface area contributed by atoms with Crippen LogP contribution in [0, 0.1) is 143 Å². The van der Waals surface area contributed by atoms with E-state index >= 15 is 0 Å². The fourth-order valence-corrected chi connectivity index (χ4v) is 23.3. The Morgan fingerprint density at radius 3 is 1.34 bits per heavy atom. The summed E-state index contributed by atoms with van der Waals surface area (Å²) in [5.74, 6) is 12.2. The number of Topliss-reactive ketones (excluding diaryl/α,β-unsaturated/α-hetero) is 3.